The van der Waals surface area contributed by atoms with E-state index in [1.54, 1.807) is 12.1 Å². The lowest BCUT2D eigenvalue weighted by atomic mass is 10.0. The van der Waals surface area contributed by atoms with Crippen LogP contribution in [0.4, 0.5) is 8.78 Å². The lowest BCUT2D eigenvalue weighted by molar-refractivity contribution is -0.0498. The van der Waals surface area contributed by atoms with E-state index in [0.717, 1.165) is 11.1 Å². The van der Waals surface area contributed by atoms with Crippen LogP contribution in [-0.4, -0.2) is 6.61 Å². The highest BCUT2D eigenvalue weighted by Gasteiger charge is 2.11. The van der Waals surface area contributed by atoms with Gasteiger partial charge in [-0.1, -0.05) is 42.5 Å². The Hall–Kier alpha value is -1.61. The maximum Gasteiger partial charge on any atom is 0.387 e. The van der Waals surface area contributed by atoms with Crippen LogP contribution >= 0.6 is 11.6 Å². The number of benzene rings is 2. The molecular weight excluding hydrogens is 258 g/mol. The molecule has 0 amide bonds. The Morgan fingerprint density at radius 1 is 0.833 bits per heavy atom. The van der Waals surface area contributed by atoms with Gasteiger partial charge in [-0.05, 0) is 23.3 Å². The summed E-state index contributed by atoms with van der Waals surface area (Å²) in [4.78, 5) is 0. The Balaban J connectivity index is 2.14. The van der Waals surface area contributed by atoms with Crippen molar-refractivity contribution in [1.29, 1.82) is 0 Å². The van der Waals surface area contributed by atoms with Crippen molar-refractivity contribution in [2.75, 3.05) is 0 Å². The molecule has 0 aromatic heterocycles. The van der Waals surface area contributed by atoms with E-state index in [1.165, 1.54) is 12.1 Å². The Labute approximate surface area is 109 Å². The van der Waals surface area contributed by atoms with Crippen LogP contribution in [0.15, 0.2) is 54.6 Å². The molecule has 1 nitrogen and oxygen atoms in total. The summed E-state index contributed by atoms with van der Waals surface area (Å²) in [5, 5.41) is -0.299. The van der Waals surface area contributed by atoms with Crippen LogP contribution in [0, 0.1) is 0 Å². The van der Waals surface area contributed by atoms with Gasteiger partial charge in [0.05, 0.1) is 5.38 Å². The van der Waals surface area contributed by atoms with E-state index in [-0.39, 0.29) is 11.1 Å². The summed E-state index contributed by atoms with van der Waals surface area (Å²) < 4.78 is 28.3. The third kappa shape index (κ3) is 3.20. The SMILES string of the molecule is FC(F)Oc1ccc(C(Cl)c2ccccc2)cc1. The fraction of sp³-hybridized carbons (Fsp3) is 0.143. The summed E-state index contributed by atoms with van der Waals surface area (Å²) in [6, 6.07) is 15.9. The Morgan fingerprint density at radius 3 is 1.94 bits per heavy atom. The molecule has 2 aromatic rings. The maximum absolute atomic E-state index is 12.0. The highest BCUT2D eigenvalue weighted by Crippen LogP contribution is 2.29. The average molecular weight is 269 g/mol. The van der Waals surface area contributed by atoms with Gasteiger partial charge in [0.1, 0.15) is 5.75 Å². The van der Waals surface area contributed by atoms with Crippen molar-refractivity contribution in [1.82, 2.24) is 0 Å². The van der Waals surface area contributed by atoms with Crippen LogP contribution in [0.3, 0.4) is 0 Å². The monoisotopic (exact) mass is 268 g/mol. The van der Waals surface area contributed by atoms with Crippen molar-refractivity contribution in [3.63, 3.8) is 0 Å². The fourth-order valence-corrected chi connectivity index (χ4v) is 1.92. The summed E-state index contributed by atoms with van der Waals surface area (Å²) in [6.07, 6.45) is 0. The molecule has 1 unspecified atom stereocenters. The molecule has 94 valence electrons. The number of ether oxygens (including phenoxy) is 1. The van der Waals surface area contributed by atoms with E-state index in [2.05, 4.69) is 4.74 Å². The maximum atomic E-state index is 12.0. The van der Waals surface area contributed by atoms with Crippen LogP contribution in [0.2, 0.25) is 0 Å². The molecule has 0 radical (unpaired) electrons. The fourth-order valence-electron chi connectivity index (χ4n) is 1.63. The largest absolute Gasteiger partial charge is 0.435 e. The highest BCUT2D eigenvalue weighted by molar-refractivity contribution is 6.22. The summed E-state index contributed by atoms with van der Waals surface area (Å²) in [5.41, 5.74) is 1.80. The number of alkyl halides is 3. The summed E-state index contributed by atoms with van der Waals surface area (Å²) in [6.45, 7) is -2.81. The molecule has 0 bridgehead atoms. The summed E-state index contributed by atoms with van der Waals surface area (Å²) in [7, 11) is 0. The summed E-state index contributed by atoms with van der Waals surface area (Å²) in [5.74, 6) is 0.130. The van der Waals surface area contributed by atoms with Gasteiger partial charge in [-0.25, -0.2) is 0 Å². The van der Waals surface area contributed by atoms with Gasteiger partial charge < -0.3 is 4.74 Å². The molecule has 0 aliphatic rings. The van der Waals surface area contributed by atoms with E-state index < -0.39 is 6.61 Å². The van der Waals surface area contributed by atoms with Crippen LogP contribution in [0.1, 0.15) is 16.5 Å². The second-order valence-electron chi connectivity index (χ2n) is 3.72. The Morgan fingerprint density at radius 2 is 1.39 bits per heavy atom. The van der Waals surface area contributed by atoms with E-state index >= 15 is 0 Å². The lowest BCUT2D eigenvalue weighted by Crippen LogP contribution is -2.02. The molecule has 0 spiro atoms. The minimum Gasteiger partial charge on any atom is -0.435 e. The Bertz CT molecular complexity index is 485. The van der Waals surface area contributed by atoms with Crippen molar-refractivity contribution in [3.8, 4) is 5.75 Å². The average Bonchev–Trinajstić information content (AvgIpc) is 2.39. The molecule has 18 heavy (non-hydrogen) atoms. The Kier molecular flexibility index (Phi) is 4.15. The van der Waals surface area contributed by atoms with Gasteiger partial charge in [-0.15, -0.1) is 11.6 Å². The van der Waals surface area contributed by atoms with Crippen LogP contribution in [0.25, 0.3) is 0 Å². The molecule has 0 saturated heterocycles. The predicted molar refractivity (Wildman–Crippen MR) is 67.2 cm³/mol. The van der Waals surface area contributed by atoms with E-state index in [0.29, 0.717) is 0 Å². The lowest BCUT2D eigenvalue weighted by Gasteiger charge is -2.11. The minimum atomic E-state index is -2.81. The molecule has 0 aliphatic heterocycles. The van der Waals surface area contributed by atoms with Crippen molar-refractivity contribution in [2.24, 2.45) is 0 Å². The van der Waals surface area contributed by atoms with Crippen LogP contribution in [-0.2, 0) is 0 Å². The third-order valence-corrected chi connectivity index (χ3v) is 2.99. The zero-order chi connectivity index (χ0) is 13.0. The van der Waals surface area contributed by atoms with Crippen molar-refractivity contribution in [2.45, 2.75) is 12.0 Å². The smallest absolute Gasteiger partial charge is 0.387 e. The van der Waals surface area contributed by atoms with Crippen LogP contribution < -0.4 is 4.74 Å². The topological polar surface area (TPSA) is 9.23 Å². The molecule has 1 atom stereocenters. The van der Waals surface area contributed by atoms with Crippen molar-refractivity contribution < 1.29 is 13.5 Å². The number of halogens is 3. The van der Waals surface area contributed by atoms with Gasteiger partial charge >= 0.3 is 6.61 Å². The van der Waals surface area contributed by atoms with Gasteiger partial charge in [0.15, 0.2) is 0 Å². The zero-order valence-electron chi connectivity index (χ0n) is 9.39. The van der Waals surface area contributed by atoms with Gasteiger partial charge in [0.25, 0.3) is 0 Å². The minimum absolute atomic E-state index is 0.130. The van der Waals surface area contributed by atoms with Crippen LogP contribution in [0.5, 0.6) is 5.75 Å². The first-order chi connectivity index (χ1) is 8.66. The molecular formula is C14H11ClF2O. The first-order valence-electron chi connectivity index (χ1n) is 5.40. The first-order valence-corrected chi connectivity index (χ1v) is 5.84. The predicted octanol–water partition coefficient (Wildman–Crippen LogP) is 4.62. The van der Waals surface area contributed by atoms with E-state index in [4.69, 9.17) is 11.6 Å². The van der Waals surface area contributed by atoms with Crippen molar-refractivity contribution >= 4 is 11.6 Å². The van der Waals surface area contributed by atoms with Gasteiger partial charge in [-0.3, -0.25) is 0 Å². The molecule has 0 fully saturated rings. The quantitative estimate of drug-likeness (QED) is 0.736. The van der Waals surface area contributed by atoms with E-state index in [9.17, 15) is 8.78 Å². The van der Waals surface area contributed by atoms with Gasteiger partial charge in [0.2, 0.25) is 0 Å². The van der Waals surface area contributed by atoms with E-state index in [1.807, 2.05) is 30.3 Å². The number of hydrogen-bond acceptors (Lipinski definition) is 1. The molecule has 0 N–H and O–H groups in total. The van der Waals surface area contributed by atoms with Gasteiger partial charge in [0, 0.05) is 0 Å². The molecule has 2 aromatic carbocycles. The van der Waals surface area contributed by atoms with Crippen molar-refractivity contribution in [3.05, 3.63) is 65.7 Å². The summed E-state index contributed by atoms with van der Waals surface area (Å²) >= 11 is 6.30. The van der Waals surface area contributed by atoms with Gasteiger partial charge in [-0.2, -0.15) is 8.78 Å². The third-order valence-electron chi connectivity index (χ3n) is 2.49. The molecule has 2 rings (SSSR count). The highest BCUT2D eigenvalue weighted by atomic mass is 35.5. The molecule has 4 heteroatoms. The molecule has 0 aliphatic carbocycles. The zero-order valence-corrected chi connectivity index (χ0v) is 10.1. The standard InChI is InChI=1S/C14H11ClF2O/c15-13(10-4-2-1-3-5-10)11-6-8-12(9-7-11)18-14(16)17/h1-9,13-14H. The first kappa shape index (κ1) is 12.8. The number of rotatable bonds is 4. The number of hydrogen-bond donors (Lipinski definition) is 0. The normalized spacial score (nSPS) is 12.4. The molecule has 0 saturated carbocycles. The second-order valence-corrected chi connectivity index (χ2v) is 4.16. The second kappa shape index (κ2) is 5.83. The molecule has 0 heterocycles.